The second-order valence-electron chi connectivity index (χ2n) is 6.62. The maximum absolute atomic E-state index is 12.3. The van der Waals surface area contributed by atoms with Gasteiger partial charge in [-0.2, -0.15) is 0 Å². The fourth-order valence-electron chi connectivity index (χ4n) is 2.71. The average Bonchev–Trinajstić information content (AvgIpc) is 2.73. The first kappa shape index (κ1) is 21.9. The summed E-state index contributed by atoms with van der Waals surface area (Å²) in [6.07, 6.45) is 0. The molecular weight excluding hydrogens is 370 g/mol. The van der Waals surface area contributed by atoms with Crippen molar-refractivity contribution in [1.29, 1.82) is 0 Å². The molecule has 2 amide bonds. The Labute approximate surface area is 171 Å². The van der Waals surface area contributed by atoms with Crippen LogP contribution in [0.25, 0.3) is 0 Å². The van der Waals surface area contributed by atoms with Crippen LogP contribution in [0.5, 0.6) is 0 Å². The number of nitrogens with zero attached hydrogens (tertiary/aromatic N) is 2. The molecule has 0 saturated carbocycles. The van der Waals surface area contributed by atoms with Crippen molar-refractivity contribution in [2.45, 2.75) is 13.8 Å². The van der Waals surface area contributed by atoms with Gasteiger partial charge in [-0.25, -0.2) is 4.79 Å². The molecule has 0 bridgehead atoms. The Morgan fingerprint density at radius 3 is 2.17 bits per heavy atom. The predicted molar refractivity (Wildman–Crippen MR) is 113 cm³/mol. The van der Waals surface area contributed by atoms with E-state index in [1.54, 1.807) is 47.4 Å². The highest BCUT2D eigenvalue weighted by Crippen LogP contribution is 2.15. The van der Waals surface area contributed by atoms with Crippen LogP contribution in [-0.4, -0.2) is 56.5 Å². The van der Waals surface area contributed by atoms with Crippen molar-refractivity contribution in [1.82, 2.24) is 4.90 Å². The van der Waals surface area contributed by atoms with Crippen molar-refractivity contribution in [3.8, 4) is 0 Å². The molecule has 0 spiro atoms. The Kier molecular flexibility index (Phi) is 7.77. The van der Waals surface area contributed by atoms with Crippen LogP contribution in [0.3, 0.4) is 0 Å². The zero-order chi connectivity index (χ0) is 21.4. The lowest BCUT2D eigenvalue weighted by molar-refractivity contribution is -0.119. The van der Waals surface area contributed by atoms with Gasteiger partial charge in [0, 0.05) is 44.1 Å². The summed E-state index contributed by atoms with van der Waals surface area (Å²) in [7, 11) is 3.75. The third-order valence-electron chi connectivity index (χ3n) is 4.40. The number of carbonyl (C=O) groups excluding carboxylic acids is 3. The van der Waals surface area contributed by atoms with Crippen molar-refractivity contribution >= 4 is 29.2 Å². The summed E-state index contributed by atoms with van der Waals surface area (Å²) in [5, 5.41) is 2.65. The Morgan fingerprint density at radius 1 is 0.931 bits per heavy atom. The molecule has 1 N–H and O–H groups in total. The van der Waals surface area contributed by atoms with Gasteiger partial charge in [-0.1, -0.05) is 6.07 Å². The molecule has 0 saturated heterocycles. The van der Waals surface area contributed by atoms with Crippen LogP contribution in [0.4, 0.5) is 11.4 Å². The Balaban J connectivity index is 1.90. The van der Waals surface area contributed by atoms with Crippen molar-refractivity contribution in [2.24, 2.45) is 0 Å². The van der Waals surface area contributed by atoms with E-state index in [2.05, 4.69) is 5.32 Å². The standard InChI is InChI=1S/C22H27N3O4/c1-5-25(6-2)21(27)16-10-12-18(13-11-16)23-20(26)15-29-22(28)17-8-7-9-19(14-17)24(3)4/h7-14H,5-6,15H2,1-4H3,(H,23,26). The van der Waals surface area contributed by atoms with Crippen LogP contribution in [0.1, 0.15) is 34.6 Å². The molecular formula is C22H27N3O4. The zero-order valence-corrected chi connectivity index (χ0v) is 17.3. The van der Waals surface area contributed by atoms with Crippen molar-refractivity contribution in [3.63, 3.8) is 0 Å². The summed E-state index contributed by atoms with van der Waals surface area (Å²) in [5.74, 6) is -1.07. The monoisotopic (exact) mass is 397 g/mol. The highest BCUT2D eigenvalue weighted by Gasteiger charge is 2.14. The lowest BCUT2D eigenvalue weighted by Crippen LogP contribution is -2.30. The number of anilines is 2. The molecule has 0 atom stereocenters. The minimum Gasteiger partial charge on any atom is -0.452 e. The molecule has 29 heavy (non-hydrogen) atoms. The number of nitrogens with one attached hydrogen (secondary N) is 1. The van der Waals surface area contributed by atoms with Crippen molar-refractivity contribution in [3.05, 3.63) is 59.7 Å². The number of ether oxygens (including phenoxy) is 1. The molecule has 0 aliphatic rings. The van der Waals surface area contributed by atoms with Crippen LogP contribution >= 0.6 is 0 Å². The summed E-state index contributed by atoms with van der Waals surface area (Å²) in [4.78, 5) is 40.1. The number of hydrogen-bond donors (Lipinski definition) is 1. The normalized spacial score (nSPS) is 10.2. The molecule has 0 aliphatic heterocycles. The SMILES string of the molecule is CCN(CC)C(=O)c1ccc(NC(=O)COC(=O)c2cccc(N(C)C)c2)cc1. The van der Waals surface area contributed by atoms with Gasteiger partial charge in [0.05, 0.1) is 5.56 Å². The van der Waals surface area contributed by atoms with Crippen LogP contribution in [0.2, 0.25) is 0 Å². The van der Waals surface area contributed by atoms with Gasteiger partial charge in [-0.05, 0) is 56.3 Å². The largest absolute Gasteiger partial charge is 0.452 e. The van der Waals surface area contributed by atoms with Gasteiger partial charge in [0.2, 0.25) is 0 Å². The van der Waals surface area contributed by atoms with Gasteiger partial charge in [0.25, 0.3) is 11.8 Å². The van der Waals surface area contributed by atoms with Gasteiger partial charge < -0.3 is 19.9 Å². The number of amides is 2. The first-order chi connectivity index (χ1) is 13.8. The summed E-state index contributed by atoms with van der Waals surface area (Å²) in [5.41, 5.74) is 2.32. The molecule has 7 heteroatoms. The van der Waals surface area contributed by atoms with Crippen LogP contribution < -0.4 is 10.2 Å². The summed E-state index contributed by atoms with van der Waals surface area (Å²) in [6, 6.07) is 13.6. The average molecular weight is 397 g/mol. The zero-order valence-electron chi connectivity index (χ0n) is 17.3. The molecule has 0 radical (unpaired) electrons. The maximum atomic E-state index is 12.3. The van der Waals surface area contributed by atoms with E-state index >= 15 is 0 Å². The second-order valence-corrected chi connectivity index (χ2v) is 6.62. The van der Waals surface area contributed by atoms with Crippen LogP contribution in [-0.2, 0) is 9.53 Å². The van der Waals surface area contributed by atoms with E-state index < -0.39 is 18.5 Å². The molecule has 0 fully saturated rings. The molecule has 2 aromatic rings. The number of carbonyl (C=O) groups is 3. The lowest BCUT2D eigenvalue weighted by atomic mass is 10.1. The van der Waals surface area contributed by atoms with Crippen LogP contribution in [0.15, 0.2) is 48.5 Å². The summed E-state index contributed by atoms with van der Waals surface area (Å²) >= 11 is 0. The van der Waals surface area contributed by atoms with E-state index in [0.717, 1.165) is 5.69 Å². The number of rotatable bonds is 8. The van der Waals surface area contributed by atoms with Gasteiger partial charge >= 0.3 is 5.97 Å². The molecule has 154 valence electrons. The van der Waals surface area contributed by atoms with Crippen molar-refractivity contribution in [2.75, 3.05) is 44.0 Å². The molecule has 2 aromatic carbocycles. The minimum atomic E-state index is -0.566. The minimum absolute atomic E-state index is 0.0539. The predicted octanol–water partition coefficient (Wildman–Crippen LogP) is 3.03. The summed E-state index contributed by atoms with van der Waals surface area (Å²) in [6.45, 7) is 4.72. The molecule has 7 nitrogen and oxygen atoms in total. The van der Waals surface area contributed by atoms with Gasteiger partial charge in [-0.3, -0.25) is 9.59 Å². The third kappa shape index (κ3) is 6.07. The number of benzene rings is 2. The van der Waals surface area contributed by atoms with Crippen molar-refractivity contribution < 1.29 is 19.1 Å². The van der Waals surface area contributed by atoms with E-state index in [1.807, 2.05) is 38.9 Å². The fraction of sp³-hybridized carbons (Fsp3) is 0.318. The van der Waals surface area contributed by atoms with E-state index in [0.29, 0.717) is 29.9 Å². The Morgan fingerprint density at radius 2 is 1.59 bits per heavy atom. The number of esters is 1. The Bertz CT molecular complexity index is 859. The smallest absolute Gasteiger partial charge is 0.338 e. The van der Waals surface area contributed by atoms with Gasteiger partial charge in [0.15, 0.2) is 6.61 Å². The maximum Gasteiger partial charge on any atom is 0.338 e. The third-order valence-corrected chi connectivity index (χ3v) is 4.40. The van der Waals surface area contributed by atoms with Gasteiger partial charge in [0.1, 0.15) is 0 Å². The van der Waals surface area contributed by atoms with E-state index in [4.69, 9.17) is 4.74 Å². The quantitative estimate of drug-likeness (QED) is 0.693. The topological polar surface area (TPSA) is 79.0 Å². The number of hydrogen-bond acceptors (Lipinski definition) is 5. The van der Waals surface area contributed by atoms with E-state index in [9.17, 15) is 14.4 Å². The first-order valence-corrected chi connectivity index (χ1v) is 9.49. The highest BCUT2D eigenvalue weighted by molar-refractivity contribution is 5.97. The van der Waals surface area contributed by atoms with E-state index in [-0.39, 0.29) is 5.91 Å². The highest BCUT2D eigenvalue weighted by atomic mass is 16.5. The molecule has 0 unspecified atom stereocenters. The van der Waals surface area contributed by atoms with Gasteiger partial charge in [-0.15, -0.1) is 0 Å². The lowest BCUT2D eigenvalue weighted by Gasteiger charge is -2.18. The van der Waals surface area contributed by atoms with Crippen LogP contribution in [0, 0.1) is 0 Å². The molecule has 0 aromatic heterocycles. The molecule has 0 heterocycles. The molecule has 2 rings (SSSR count). The second kappa shape index (κ2) is 10.3. The fourth-order valence-corrected chi connectivity index (χ4v) is 2.71. The summed E-state index contributed by atoms with van der Waals surface area (Å²) < 4.78 is 5.09. The first-order valence-electron chi connectivity index (χ1n) is 9.49. The molecule has 0 aliphatic carbocycles. The Hall–Kier alpha value is -3.35. The van der Waals surface area contributed by atoms with E-state index in [1.165, 1.54) is 0 Å².